The Morgan fingerprint density at radius 1 is 0.293 bits per heavy atom. The number of aliphatic hydroxyl groups is 2. The summed E-state index contributed by atoms with van der Waals surface area (Å²) in [5.74, 6) is 0. The first-order valence-electron chi connectivity index (χ1n) is 13.7. The first-order valence-corrected chi connectivity index (χ1v) is 13.7. The lowest BCUT2D eigenvalue weighted by Crippen LogP contribution is -2.28. The third-order valence-electron chi connectivity index (χ3n) is 7.66. The van der Waals surface area contributed by atoms with Crippen LogP contribution in [0.3, 0.4) is 0 Å². The van der Waals surface area contributed by atoms with Crippen molar-refractivity contribution < 1.29 is 10.2 Å². The topological polar surface area (TPSA) is 52.5 Å². The molecule has 0 saturated heterocycles. The molecule has 0 aromatic heterocycles. The van der Waals surface area contributed by atoms with Gasteiger partial charge in [0.2, 0.25) is 0 Å². The van der Waals surface area contributed by atoms with E-state index in [1.165, 1.54) is 0 Å². The van der Waals surface area contributed by atoms with Crippen LogP contribution in [0, 0.1) is 0 Å². The first-order chi connectivity index (χ1) is 20.1. The molecule has 41 heavy (non-hydrogen) atoms. The highest BCUT2D eigenvalue weighted by Crippen LogP contribution is 2.39. The average Bonchev–Trinajstić information content (AvgIpc) is 3.06. The fraction of sp³-hybridized carbons (Fsp3) is 0.0526. The van der Waals surface area contributed by atoms with Crippen LogP contribution in [-0.4, -0.2) is 10.2 Å². The van der Waals surface area contributed by atoms with Gasteiger partial charge in [-0.05, 0) is 57.6 Å². The highest BCUT2D eigenvalue weighted by molar-refractivity contribution is 5.62. The Hall–Kier alpha value is -4.96. The van der Waals surface area contributed by atoms with Crippen LogP contribution in [0.5, 0.6) is 0 Å². The van der Waals surface area contributed by atoms with Gasteiger partial charge in [0.15, 0.2) is 0 Å². The van der Waals surface area contributed by atoms with Gasteiger partial charge >= 0.3 is 0 Å². The average molecular weight is 534 g/mol. The molecule has 6 rings (SSSR count). The summed E-state index contributed by atoms with van der Waals surface area (Å²) in [5, 5.41) is 27.6. The Kier molecular flexibility index (Phi) is 7.22. The first kappa shape index (κ1) is 26.3. The Morgan fingerprint density at radius 2 is 0.512 bits per heavy atom. The number of nitrogens with one attached hydrogen (secondary N) is 1. The molecule has 0 amide bonds. The Bertz CT molecular complexity index is 1470. The molecular weight excluding hydrogens is 502 g/mol. The van der Waals surface area contributed by atoms with Crippen molar-refractivity contribution in [1.29, 1.82) is 0 Å². The molecule has 0 heterocycles. The predicted octanol–water partition coefficient (Wildman–Crippen LogP) is 8.00. The van der Waals surface area contributed by atoms with Gasteiger partial charge in [0, 0.05) is 11.4 Å². The van der Waals surface area contributed by atoms with Crippen LogP contribution < -0.4 is 5.32 Å². The summed E-state index contributed by atoms with van der Waals surface area (Å²) in [5.41, 5.74) is 4.05. The summed E-state index contributed by atoms with van der Waals surface area (Å²) < 4.78 is 0. The summed E-state index contributed by atoms with van der Waals surface area (Å²) in [6.45, 7) is 0. The van der Waals surface area contributed by atoms with E-state index in [2.05, 4.69) is 5.32 Å². The molecule has 0 radical (unpaired) electrons. The molecule has 3 N–H and O–H groups in total. The summed E-state index contributed by atoms with van der Waals surface area (Å²) >= 11 is 0. The highest BCUT2D eigenvalue weighted by atomic mass is 16.3. The van der Waals surface area contributed by atoms with E-state index in [1.54, 1.807) is 0 Å². The van der Waals surface area contributed by atoms with Gasteiger partial charge in [-0.1, -0.05) is 146 Å². The number of anilines is 2. The number of rotatable bonds is 8. The second-order valence-electron chi connectivity index (χ2n) is 10.2. The van der Waals surface area contributed by atoms with Gasteiger partial charge in [0.1, 0.15) is 11.2 Å². The summed E-state index contributed by atoms with van der Waals surface area (Å²) in [6.07, 6.45) is 0. The molecule has 0 fully saturated rings. The molecule has 0 aliphatic heterocycles. The zero-order valence-electron chi connectivity index (χ0n) is 22.6. The molecule has 0 spiro atoms. The normalized spacial score (nSPS) is 11.7. The maximum absolute atomic E-state index is 12.1. The van der Waals surface area contributed by atoms with E-state index >= 15 is 0 Å². The third-order valence-corrected chi connectivity index (χ3v) is 7.66. The van der Waals surface area contributed by atoms with Crippen molar-refractivity contribution in [2.45, 2.75) is 11.2 Å². The van der Waals surface area contributed by atoms with Crippen LogP contribution in [0.4, 0.5) is 11.4 Å². The van der Waals surface area contributed by atoms with E-state index in [0.717, 1.165) is 44.8 Å². The number of hydrogen-bond acceptors (Lipinski definition) is 3. The molecule has 0 saturated carbocycles. The molecule has 6 aromatic rings. The molecule has 0 atom stereocenters. The van der Waals surface area contributed by atoms with Gasteiger partial charge < -0.3 is 15.5 Å². The standard InChI is InChI=1S/C38H31NO2/c40-37(29-13-5-1-6-14-29,30-15-7-2-8-16-30)33-21-25-35(26-22-33)39-36-27-23-34(24-28-36)38(41,31-17-9-3-10-18-31)32-19-11-4-12-20-32/h1-28,39-41H. The van der Waals surface area contributed by atoms with Crippen LogP contribution in [0.1, 0.15) is 33.4 Å². The van der Waals surface area contributed by atoms with Crippen molar-refractivity contribution in [3.8, 4) is 0 Å². The fourth-order valence-corrected chi connectivity index (χ4v) is 5.47. The summed E-state index contributed by atoms with van der Waals surface area (Å²) in [4.78, 5) is 0. The zero-order chi connectivity index (χ0) is 28.1. The maximum atomic E-state index is 12.1. The smallest absolute Gasteiger partial charge is 0.140 e. The van der Waals surface area contributed by atoms with E-state index < -0.39 is 11.2 Å². The molecule has 3 heteroatoms. The fourth-order valence-electron chi connectivity index (χ4n) is 5.47. The number of hydrogen-bond donors (Lipinski definition) is 3. The summed E-state index contributed by atoms with van der Waals surface area (Å²) in [6, 6.07) is 54.7. The monoisotopic (exact) mass is 533 g/mol. The maximum Gasteiger partial charge on any atom is 0.140 e. The highest BCUT2D eigenvalue weighted by Gasteiger charge is 2.34. The van der Waals surface area contributed by atoms with E-state index in [4.69, 9.17) is 0 Å². The van der Waals surface area contributed by atoms with Crippen molar-refractivity contribution in [2.75, 3.05) is 5.32 Å². The van der Waals surface area contributed by atoms with Crippen molar-refractivity contribution in [3.05, 3.63) is 203 Å². The SMILES string of the molecule is OC(c1ccccc1)(c1ccccc1)c1ccc(Nc2ccc(C(O)(c3ccccc3)c3ccccc3)cc2)cc1. The molecule has 3 nitrogen and oxygen atoms in total. The zero-order valence-corrected chi connectivity index (χ0v) is 22.6. The van der Waals surface area contributed by atoms with E-state index in [9.17, 15) is 10.2 Å². The quantitative estimate of drug-likeness (QED) is 0.174. The van der Waals surface area contributed by atoms with Crippen LogP contribution >= 0.6 is 0 Å². The molecule has 0 unspecified atom stereocenters. The van der Waals surface area contributed by atoms with E-state index in [-0.39, 0.29) is 0 Å². The second-order valence-corrected chi connectivity index (χ2v) is 10.2. The van der Waals surface area contributed by atoms with Gasteiger partial charge in [-0.3, -0.25) is 0 Å². The van der Waals surface area contributed by atoms with Crippen LogP contribution in [0.15, 0.2) is 170 Å². The van der Waals surface area contributed by atoms with Gasteiger partial charge in [-0.25, -0.2) is 0 Å². The van der Waals surface area contributed by atoms with Crippen molar-refractivity contribution in [3.63, 3.8) is 0 Å². The van der Waals surface area contributed by atoms with Crippen molar-refractivity contribution in [2.24, 2.45) is 0 Å². The van der Waals surface area contributed by atoms with Crippen LogP contribution in [-0.2, 0) is 11.2 Å². The molecule has 0 aliphatic rings. The van der Waals surface area contributed by atoms with Crippen molar-refractivity contribution in [1.82, 2.24) is 0 Å². The molecule has 200 valence electrons. The molecule has 6 aromatic carbocycles. The third kappa shape index (κ3) is 5.05. The largest absolute Gasteiger partial charge is 0.376 e. The van der Waals surface area contributed by atoms with Gasteiger partial charge in [0.05, 0.1) is 0 Å². The lowest BCUT2D eigenvalue weighted by molar-refractivity contribution is 0.125. The van der Waals surface area contributed by atoms with Crippen molar-refractivity contribution >= 4 is 11.4 Å². The van der Waals surface area contributed by atoms with Gasteiger partial charge in [-0.2, -0.15) is 0 Å². The van der Waals surface area contributed by atoms with E-state index in [0.29, 0.717) is 0 Å². The predicted molar refractivity (Wildman–Crippen MR) is 166 cm³/mol. The summed E-state index contributed by atoms with van der Waals surface area (Å²) in [7, 11) is 0. The van der Waals surface area contributed by atoms with E-state index in [1.807, 2.05) is 170 Å². The minimum Gasteiger partial charge on any atom is -0.376 e. The molecule has 0 bridgehead atoms. The molecular formula is C38H31NO2. The van der Waals surface area contributed by atoms with Gasteiger partial charge in [-0.15, -0.1) is 0 Å². The van der Waals surface area contributed by atoms with Crippen LogP contribution in [0.2, 0.25) is 0 Å². The second kappa shape index (κ2) is 11.3. The Labute approximate surface area is 241 Å². The lowest BCUT2D eigenvalue weighted by atomic mass is 9.80. The Morgan fingerprint density at radius 3 is 0.756 bits per heavy atom. The Balaban J connectivity index is 1.28. The van der Waals surface area contributed by atoms with Crippen LogP contribution in [0.25, 0.3) is 0 Å². The minimum atomic E-state index is -1.28. The molecule has 0 aliphatic carbocycles. The van der Waals surface area contributed by atoms with Gasteiger partial charge in [0.25, 0.3) is 0 Å². The minimum absolute atomic E-state index is 0.784. The lowest BCUT2D eigenvalue weighted by Gasteiger charge is -2.30. The number of benzene rings is 6.